The highest BCUT2D eigenvalue weighted by molar-refractivity contribution is 6.09. The molecule has 30 heavy (non-hydrogen) atoms. The first kappa shape index (κ1) is 18.8. The molecule has 0 saturated heterocycles. The van der Waals surface area contributed by atoms with Gasteiger partial charge in [-0.15, -0.1) is 0 Å². The van der Waals surface area contributed by atoms with E-state index in [4.69, 9.17) is 4.42 Å². The van der Waals surface area contributed by atoms with Gasteiger partial charge in [-0.25, -0.2) is 0 Å². The maximum atomic E-state index is 6.36. The molecule has 1 atom stereocenters. The van der Waals surface area contributed by atoms with Crippen molar-refractivity contribution >= 4 is 27.6 Å². The number of aryl methyl sites for hydroxylation is 2. The summed E-state index contributed by atoms with van der Waals surface area (Å²) in [4.78, 5) is 4.79. The summed E-state index contributed by atoms with van der Waals surface area (Å²) in [5.41, 5.74) is 6.80. The fourth-order valence-corrected chi connectivity index (χ4v) is 5.03. The molecule has 3 heteroatoms. The van der Waals surface area contributed by atoms with Crippen LogP contribution in [0.2, 0.25) is 0 Å². The minimum absolute atomic E-state index is 0.133. The van der Waals surface area contributed by atoms with E-state index in [2.05, 4.69) is 105 Å². The Morgan fingerprint density at radius 2 is 1.53 bits per heavy atom. The van der Waals surface area contributed by atoms with E-state index in [0.717, 1.165) is 16.9 Å². The van der Waals surface area contributed by atoms with Crippen molar-refractivity contribution in [2.24, 2.45) is 0 Å². The van der Waals surface area contributed by atoms with Crippen LogP contribution >= 0.6 is 0 Å². The van der Waals surface area contributed by atoms with E-state index in [1.807, 2.05) is 12.1 Å². The van der Waals surface area contributed by atoms with Gasteiger partial charge in [-0.05, 0) is 57.4 Å². The molecule has 1 aromatic heterocycles. The number of hydrogen-bond donors (Lipinski definition) is 0. The normalized spacial score (nSPS) is 16.9. The van der Waals surface area contributed by atoms with E-state index < -0.39 is 0 Å². The van der Waals surface area contributed by atoms with Crippen molar-refractivity contribution in [3.8, 4) is 0 Å². The van der Waals surface area contributed by atoms with Gasteiger partial charge in [0.2, 0.25) is 0 Å². The van der Waals surface area contributed by atoms with E-state index in [9.17, 15) is 0 Å². The predicted molar refractivity (Wildman–Crippen MR) is 126 cm³/mol. The minimum Gasteiger partial charge on any atom is -0.454 e. The molecule has 0 fully saturated rings. The largest absolute Gasteiger partial charge is 0.454 e. The summed E-state index contributed by atoms with van der Waals surface area (Å²) in [7, 11) is 0. The average Bonchev–Trinajstić information content (AvgIpc) is 3.29. The molecular weight excluding hydrogens is 368 g/mol. The standard InChI is InChI=1S/C27H28N2O/c1-18-10-6-8-12-23(18)27(4,5)29-17-16-28(20(29)3)25-19(2)14-15-22-21-11-7-9-13-24(21)30-26(22)25/h6-17,20H,1-5H3/t20-/m1/s1. The second-order valence-electron chi connectivity index (χ2n) is 8.82. The second-order valence-corrected chi connectivity index (χ2v) is 8.82. The van der Waals surface area contributed by atoms with Crippen molar-refractivity contribution in [3.63, 3.8) is 0 Å². The molecule has 152 valence electrons. The van der Waals surface area contributed by atoms with Crippen molar-refractivity contribution in [3.05, 3.63) is 89.8 Å². The van der Waals surface area contributed by atoms with Crippen LogP contribution in [0.25, 0.3) is 21.9 Å². The molecular formula is C27H28N2O. The highest BCUT2D eigenvalue weighted by Crippen LogP contribution is 2.42. The van der Waals surface area contributed by atoms with Crippen LogP contribution in [0.1, 0.15) is 37.5 Å². The number of hydrogen-bond acceptors (Lipinski definition) is 3. The summed E-state index contributed by atoms with van der Waals surface area (Å²) >= 11 is 0. The van der Waals surface area contributed by atoms with Crippen molar-refractivity contribution in [1.82, 2.24) is 4.90 Å². The van der Waals surface area contributed by atoms with Crippen LogP contribution in [0, 0.1) is 13.8 Å². The van der Waals surface area contributed by atoms with Gasteiger partial charge in [0.05, 0.1) is 11.2 Å². The Morgan fingerprint density at radius 1 is 0.800 bits per heavy atom. The summed E-state index contributed by atoms with van der Waals surface area (Å²) in [6.07, 6.45) is 4.58. The predicted octanol–water partition coefficient (Wildman–Crippen LogP) is 7.08. The molecule has 2 heterocycles. The lowest BCUT2D eigenvalue weighted by Gasteiger charge is -2.42. The number of rotatable bonds is 3. The summed E-state index contributed by atoms with van der Waals surface area (Å²) in [5.74, 6) is 0. The SMILES string of the molecule is Cc1ccccc1C(C)(C)N1C=CN(c2c(C)ccc3c2oc2ccccc23)[C@H]1C. The number of nitrogens with zero attached hydrogens (tertiary/aromatic N) is 2. The molecule has 0 bridgehead atoms. The van der Waals surface area contributed by atoms with Gasteiger partial charge in [0.25, 0.3) is 0 Å². The van der Waals surface area contributed by atoms with Gasteiger partial charge in [-0.2, -0.15) is 0 Å². The third-order valence-corrected chi connectivity index (χ3v) is 6.62. The summed E-state index contributed by atoms with van der Waals surface area (Å²) in [5, 5.41) is 2.34. The van der Waals surface area contributed by atoms with Gasteiger partial charge < -0.3 is 14.2 Å². The topological polar surface area (TPSA) is 19.6 Å². The third-order valence-electron chi connectivity index (χ3n) is 6.62. The zero-order chi connectivity index (χ0) is 21.0. The molecule has 0 amide bonds. The second kappa shape index (κ2) is 6.66. The van der Waals surface area contributed by atoms with Gasteiger partial charge >= 0.3 is 0 Å². The van der Waals surface area contributed by atoms with Crippen molar-refractivity contribution in [2.45, 2.75) is 46.3 Å². The number of furan rings is 1. The Labute approximate surface area is 178 Å². The van der Waals surface area contributed by atoms with Crippen LogP contribution in [0.5, 0.6) is 0 Å². The number of anilines is 1. The zero-order valence-corrected chi connectivity index (χ0v) is 18.3. The lowest BCUT2D eigenvalue weighted by atomic mass is 9.88. The van der Waals surface area contributed by atoms with Crippen molar-refractivity contribution in [1.29, 1.82) is 0 Å². The molecule has 1 aliphatic rings. The average molecular weight is 397 g/mol. The van der Waals surface area contributed by atoms with E-state index in [0.29, 0.717) is 0 Å². The zero-order valence-electron chi connectivity index (χ0n) is 18.3. The monoisotopic (exact) mass is 396 g/mol. The smallest absolute Gasteiger partial charge is 0.159 e. The van der Waals surface area contributed by atoms with Crippen LogP contribution in [0.4, 0.5) is 5.69 Å². The first-order chi connectivity index (χ1) is 14.4. The molecule has 0 aliphatic carbocycles. The molecule has 0 radical (unpaired) electrons. The Bertz CT molecular complexity index is 1280. The summed E-state index contributed by atoms with van der Waals surface area (Å²) in [6.45, 7) is 11.2. The van der Waals surface area contributed by atoms with Crippen molar-refractivity contribution in [2.75, 3.05) is 4.90 Å². The van der Waals surface area contributed by atoms with Crippen molar-refractivity contribution < 1.29 is 4.42 Å². The van der Waals surface area contributed by atoms with Crippen LogP contribution < -0.4 is 4.90 Å². The lowest BCUT2D eigenvalue weighted by molar-refractivity contribution is 0.152. The highest BCUT2D eigenvalue weighted by Gasteiger charge is 2.37. The maximum Gasteiger partial charge on any atom is 0.159 e. The van der Waals surface area contributed by atoms with E-state index in [-0.39, 0.29) is 11.7 Å². The Kier molecular flexibility index (Phi) is 4.18. The first-order valence-corrected chi connectivity index (χ1v) is 10.6. The Hall–Kier alpha value is -3.20. The Morgan fingerprint density at radius 3 is 2.33 bits per heavy atom. The molecule has 0 N–H and O–H groups in total. The van der Waals surface area contributed by atoms with Gasteiger partial charge in [-0.1, -0.05) is 54.6 Å². The van der Waals surface area contributed by atoms with Gasteiger partial charge in [0.15, 0.2) is 5.58 Å². The molecule has 0 saturated carbocycles. The molecule has 1 aliphatic heterocycles. The highest BCUT2D eigenvalue weighted by atomic mass is 16.3. The van der Waals surface area contributed by atoms with Gasteiger partial charge in [0.1, 0.15) is 11.7 Å². The van der Waals surface area contributed by atoms with E-state index >= 15 is 0 Å². The van der Waals surface area contributed by atoms with E-state index in [1.165, 1.54) is 27.5 Å². The minimum atomic E-state index is -0.133. The van der Waals surface area contributed by atoms with Crippen LogP contribution in [0.3, 0.4) is 0 Å². The molecule has 0 spiro atoms. The fraction of sp³-hybridized carbons (Fsp3) is 0.259. The lowest BCUT2D eigenvalue weighted by Crippen LogP contribution is -2.46. The van der Waals surface area contributed by atoms with Crippen LogP contribution in [-0.4, -0.2) is 11.1 Å². The summed E-state index contributed by atoms with van der Waals surface area (Å²) < 4.78 is 6.36. The number of fused-ring (bicyclic) bond motifs is 3. The van der Waals surface area contributed by atoms with Gasteiger partial charge in [-0.3, -0.25) is 0 Å². The van der Waals surface area contributed by atoms with Crippen LogP contribution in [0.15, 0.2) is 77.5 Å². The van der Waals surface area contributed by atoms with Crippen LogP contribution in [-0.2, 0) is 5.54 Å². The van der Waals surface area contributed by atoms with E-state index in [1.54, 1.807) is 0 Å². The number of para-hydroxylation sites is 1. The molecule has 4 aromatic rings. The van der Waals surface area contributed by atoms with Gasteiger partial charge in [0, 0.05) is 23.2 Å². The summed E-state index contributed by atoms with van der Waals surface area (Å²) in [6, 6.07) is 21.3. The maximum absolute atomic E-state index is 6.36. The third kappa shape index (κ3) is 2.65. The molecule has 3 nitrogen and oxygen atoms in total. The fourth-order valence-electron chi connectivity index (χ4n) is 5.03. The molecule has 0 unspecified atom stereocenters. The quantitative estimate of drug-likeness (QED) is 0.369. The molecule has 3 aromatic carbocycles. The first-order valence-electron chi connectivity index (χ1n) is 10.6. The number of benzene rings is 3. The Balaban J connectivity index is 1.60. The molecule has 5 rings (SSSR count).